The van der Waals surface area contributed by atoms with E-state index in [-0.39, 0.29) is 10.8 Å². The molecule has 3 N–H and O–H groups in total. The molecule has 0 spiro atoms. The zero-order valence-corrected chi connectivity index (χ0v) is 11.8. The maximum atomic E-state index is 12.1. The van der Waals surface area contributed by atoms with Gasteiger partial charge in [0.05, 0.1) is 36.4 Å². The predicted molar refractivity (Wildman–Crippen MR) is 78.1 cm³/mol. The number of nitrogens with one attached hydrogen (secondary N) is 1. The summed E-state index contributed by atoms with van der Waals surface area (Å²) in [6.07, 6.45) is 2.13. The third kappa shape index (κ3) is 2.75. The Labute approximate surface area is 125 Å². The number of hydrogen-bond donors (Lipinski definition) is 2. The molecule has 0 bridgehead atoms. The second-order valence-electron chi connectivity index (χ2n) is 4.50. The summed E-state index contributed by atoms with van der Waals surface area (Å²) in [5.41, 5.74) is 6.98. The molecule has 0 radical (unpaired) electrons. The van der Waals surface area contributed by atoms with Crippen molar-refractivity contribution in [2.75, 3.05) is 24.3 Å². The van der Waals surface area contributed by atoms with E-state index < -0.39 is 5.91 Å². The standard InChI is InChI=1S/C14H13ClN2O4/c15-13-8(2-5-21-13)14(18)17-10-7-12-11(6-9(10)16)19-3-1-4-20-12/h2,5-7H,1,3-4,16H2,(H,17,18). The van der Waals surface area contributed by atoms with Crippen LogP contribution >= 0.6 is 11.6 Å². The van der Waals surface area contributed by atoms with Crippen LogP contribution in [-0.4, -0.2) is 19.1 Å². The van der Waals surface area contributed by atoms with Gasteiger partial charge in [-0.25, -0.2) is 0 Å². The second-order valence-corrected chi connectivity index (χ2v) is 4.84. The van der Waals surface area contributed by atoms with Gasteiger partial charge in [0.15, 0.2) is 11.5 Å². The Kier molecular flexibility index (Phi) is 3.62. The van der Waals surface area contributed by atoms with Gasteiger partial charge in [0.25, 0.3) is 5.91 Å². The van der Waals surface area contributed by atoms with E-state index >= 15 is 0 Å². The average molecular weight is 309 g/mol. The Morgan fingerprint density at radius 2 is 1.95 bits per heavy atom. The summed E-state index contributed by atoms with van der Waals surface area (Å²) in [6.45, 7) is 1.13. The maximum absolute atomic E-state index is 12.1. The van der Waals surface area contributed by atoms with E-state index in [1.807, 2.05) is 0 Å². The average Bonchev–Trinajstić information content (AvgIpc) is 2.75. The highest BCUT2D eigenvalue weighted by Crippen LogP contribution is 2.37. The lowest BCUT2D eigenvalue weighted by Crippen LogP contribution is -2.13. The molecule has 7 heteroatoms. The fourth-order valence-corrected chi connectivity index (χ4v) is 2.18. The molecular weight excluding hydrogens is 296 g/mol. The van der Waals surface area contributed by atoms with E-state index in [4.69, 9.17) is 31.2 Å². The molecular formula is C14H13ClN2O4. The molecule has 1 amide bonds. The van der Waals surface area contributed by atoms with Crippen LogP contribution in [0.25, 0.3) is 0 Å². The predicted octanol–water partition coefficient (Wildman–Crippen LogP) is 2.93. The van der Waals surface area contributed by atoms with Gasteiger partial charge in [-0.05, 0) is 17.7 Å². The first kappa shape index (κ1) is 13.6. The zero-order chi connectivity index (χ0) is 14.8. The number of anilines is 2. The van der Waals surface area contributed by atoms with Crippen LogP contribution < -0.4 is 20.5 Å². The van der Waals surface area contributed by atoms with Crippen molar-refractivity contribution in [2.24, 2.45) is 0 Å². The Bertz CT molecular complexity index is 684. The number of nitrogens with two attached hydrogens (primary N) is 1. The highest BCUT2D eigenvalue weighted by molar-refractivity contribution is 6.32. The van der Waals surface area contributed by atoms with Gasteiger partial charge in [-0.1, -0.05) is 0 Å². The van der Waals surface area contributed by atoms with Gasteiger partial charge in [-0.3, -0.25) is 4.79 Å². The van der Waals surface area contributed by atoms with E-state index in [2.05, 4.69) is 5.32 Å². The third-order valence-electron chi connectivity index (χ3n) is 3.03. The van der Waals surface area contributed by atoms with E-state index in [0.29, 0.717) is 36.1 Å². The molecule has 2 heterocycles. The summed E-state index contributed by atoms with van der Waals surface area (Å²) in [5.74, 6) is 0.717. The normalized spacial score (nSPS) is 13.6. The number of carbonyl (C=O) groups excluding carboxylic acids is 1. The van der Waals surface area contributed by atoms with Gasteiger partial charge in [-0.2, -0.15) is 0 Å². The molecule has 2 aromatic rings. The number of furan rings is 1. The summed E-state index contributed by atoms with van der Waals surface area (Å²) in [4.78, 5) is 12.1. The van der Waals surface area contributed by atoms with Crippen LogP contribution in [0.4, 0.5) is 11.4 Å². The molecule has 21 heavy (non-hydrogen) atoms. The molecule has 0 aliphatic carbocycles. The van der Waals surface area contributed by atoms with Gasteiger partial charge < -0.3 is 24.9 Å². The molecule has 1 aliphatic heterocycles. The summed E-state index contributed by atoms with van der Waals surface area (Å²) in [6, 6.07) is 4.76. The van der Waals surface area contributed by atoms with E-state index in [1.54, 1.807) is 12.1 Å². The van der Waals surface area contributed by atoms with Crippen LogP contribution in [0.3, 0.4) is 0 Å². The Hall–Kier alpha value is -2.34. The lowest BCUT2D eigenvalue weighted by Gasteiger charge is -2.13. The van der Waals surface area contributed by atoms with Crippen molar-refractivity contribution in [1.82, 2.24) is 0 Å². The van der Waals surface area contributed by atoms with Gasteiger partial charge in [0.2, 0.25) is 5.22 Å². The van der Waals surface area contributed by atoms with E-state index in [0.717, 1.165) is 6.42 Å². The van der Waals surface area contributed by atoms with Crippen molar-refractivity contribution in [2.45, 2.75) is 6.42 Å². The fourth-order valence-electron chi connectivity index (χ4n) is 1.98. The Morgan fingerprint density at radius 1 is 1.24 bits per heavy atom. The SMILES string of the molecule is Nc1cc2c(cc1NC(=O)c1ccoc1Cl)OCCCO2. The molecule has 1 aromatic carbocycles. The Balaban J connectivity index is 1.87. The van der Waals surface area contributed by atoms with Crippen LogP contribution in [0.1, 0.15) is 16.8 Å². The highest BCUT2D eigenvalue weighted by Gasteiger charge is 2.18. The number of hydrogen-bond acceptors (Lipinski definition) is 5. The lowest BCUT2D eigenvalue weighted by molar-refractivity contribution is 0.102. The number of halogens is 1. The second kappa shape index (κ2) is 5.57. The quantitative estimate of drug-likeness (QED) is 0.833. The van der Waals surface area contributed by atoms with E-state index in [9.17, 15) is 4.79 Å². The van der Waals surface area contributed by atoms with Gasteiger partial charge >= 0.3 is 0 Å². The molecule has 1 aliphatic rings. The number of rotatable bonds is 2. The monoisotopic (exact) mass is 308 g/mol. The minimum Gasteiger partial charge on any atom is -0.489 e. The van der Waals surface area contributed by atoms with Crippen LogP contribution in [0.2, 0.25) is 5.22 Å². The summed E-state index contributed by atoms with van der Waals surface area (Å²) in [5, 5.41) is 2.71. The van der Waals surface area contributed by atoms with Crippen molar-refractivity contribution < 1.29 is 18.7 Å². The van der Waals surface area contributed by atoms with Gasteiger partial charge in [0.1, 0.15) is 0 Å². The van der Waals surface area contributed by atoms with Crippen molar-refractivity contribution in [3.05, 3.63) is 35.2 Å². The molecule has 0 fully saturated rings. The molecule has 110 valence electrons. The summed E-state index contributed by atoms with van der Waals surface area (Å²) >= 11 is 5.77. The molecule has 1 aromatic heterocycles. The number of amides is 1. The fraction of sp³-hybridized carbons (Fsp3) is 0.214. The first-order valence-electron chi connectivity index (χ1n) is 6.38. The number of carbonyl (C=O) groups is 1. The molecule has 0 saturated heterocycles. The smallest absolute Gasteiger partial charge is 0.260 e. The molecule has 6 nitrogen and oxygen atoms in total. The Morgan fingerprint density at radius 3 is 2.62 bits per heavy atom. The lowest BCUT2D eigenvalue weighted by atomic mass is 10.2. The molecule has 3 rings (SSSR count). The zero-order valence-electron chi connectivity index (χ0n) is 11.0. The maximum Gasteiger partial charge on any atom is 0.260 e. The number of nitrogen functional groups attached to an aromatic ring is 1. The summed E-state index contributed by atoms with van der Waals surface area (Å²) in [7, 11) is 0. The topological polar surface area (TPSA) is 86.7 Å². The van der Waals surface area contributed by atoms with Crippen LogP contribution in [0, 0.1) is 0 Å². The molecule has 0 saturated carbocycles. The summed E-state index contributed by atoms with van der Waals surface area (Å²) < 4.78 is 16.0. The van der Waals surface area contributed by atoms with Crippen molar-refractivity contribution in [3.63, 3.8) is 0 Å². The minimum atomic E-state index is -0.407. The van der Waals surface area contributed by atoms with Crippen molar-refractivity contribution in [3.8, 4) is 11.5 Å². The number of benzene rings is 1. The van der Waals surface area contributed by atoms with Crippen LogP contribution in [0.5, 0.6) is 11.5 Å². The first-order chi connectivity index (χ1) is 10.1. The van der Waals surface area contributed by atoms with Gasteiger partial charge in [0, 0.05) is 18.6 Å². The van der Waals surface area contributed by atoms with Crippen LogP contribution in [-0.2, 0) is 0 Å². The largest absolute Gasteiger partial charge is 0.489 e. The first-order valence-corrected chi connectivity index (χ1v) is 6.76. The third-order valence-corrected chi connectivity index (χ3v) is 3.32. The number of ether oxygens (including phenoxy) is 2. The molecule has 0 atom stereocenters. The van der Waals surface area contributed by atoms with Crippen molar-refractivity contribution in [1.29, 1.82) is 0 Å². The molecule has 0 unspecified atom stereocenters. The van der Waals surface area contributed by atoms with Gasteiger partial charge in [-0.15, -0.1) is 0 Å². The van der Waals surface area contributed by atoms with E-state index in [1.165, 1.54) is 12.3 Å². The minimum absolute atomic E-state index is 0.0282. The van der Waals surface area contributed by atoms with Crippen molar-refractivity contribution >= 4 is 28.9 Å². The number of fused-ring (bicyclic) bond motifs is 1. The highest BCUT2D eigenvalue weighted by atomic mass is 35.5. The van der Waals surface area contributed by atoms with Crippen LogP contribution in [0.15, 0.2) is 28.9 Å².